The molecule has 1 aliphatic heterocycles. The van der Waals surface area contributed by atoms with E-state index in [1.165, 1.54) is 0 Å². The van der Waals surface area contributed by atoms with E-state index in [2.05, 4.69) is 15.5 Å². The highest BCUT2D eigenvalue weighted by Crippen LogP contribution is 2.25. The lowest BCUT2D eigenvalue weighted by atomic mass is 10.2. The largest absolute Gasteiger partial charge is 0.484 e. The molecule has 1 fully saturated rings. The molecule has 2 amide bonds. The van der Waals surface area contributed by atoms with Crippen LogP contribution in [0.5, 0.6) is 5.75 Å². The Morgan fingerprint density at radius 1 is 1.27 bits per heavy atom. The van der Waals surface area contributed by atoms with Crippen molar-refractivity contribution in [3.63, 3.8) is 0 Å². The quantitative estimate of drug-likeness (QED) is 0.741. The van der Waals surface area contributed by atoms with Gasteiger partial charge in [-0.2, -0.15) is 5.10 Å². The summed E-state index contributed by atoms with van der Waals surface area (Å²) in [6, 6.07) is 12.8. The van der Waals surface area contributed by atoms with Gasteiger partial charge in [-0.05, 0) is 24.6 Å². The standard InChI is InChI=1S/C19H18N4O3/c24-17(21-16-7-1-4-13-11-20-22-19(13)16)12-26-15-6-2-5-14(10-15)23-9-3-8-18(23)25/h1-2,4-7,10-11H,3,8-9,12H2,(H,20,22)(H,21,24). The summed E-state index contributed by atoms with van der Waals surface area (Å²) < 4.78 is 5.59. The number of amides is 2. The summed E-state index contributed by atoms with van der Waals surface area (Å²) in [7, 11) is 0. The van der Waals surface area contributed by atoms with Crippen LogP contribution in [0.25, 0.3) is 10.9 Å². The van der Waals surface area contributed by atoms with Gasteiger partial charge < -0.3 is 15.0 Å². The average Bonchev–Trinajstić information content (AvgIpc) is 3.29. The molecule has 4 rings (SSSR count). The Morgan fingerprint density at radius 2 is 2.15 bits per heavy atom. The maximum atomic E-state index is 12.2. The Morgan fingerprint density at radius 3 is 3.00 bits per heavy atom. The van der Waals surface area contributed by atoms with E-state index in [0.717, 1.165) is 29.6 Å². The average molecular weight is 350 g/mol. The first-order valence-electron chi connectivity index (χ1n) is 8.46. The molecule has 2 heterocycles. The van der Waals surface area contributed by atoms with Crippen molar-refractivity contribution in [1.82, 2.24) is 10.2 Å². The van der Waals surface area contributed by atoms with Crippen LogP contribution in [0.1, 0.15) is 12.8 Å². The van der Waals surface area contributed by atoms with Gasteiger partial charge in [0.1, 0.15) is 5.75 Å². The molecule has 2 N–H and O–H groups in total. The second kappa shape index (κ2) is 6.87. The van der Waals surface area contributed by atoms with Crippen molar-refractivity contribution in [2.24, 2.45) is 0 Å². The van der Waals surface area contributed by atoms with Gasteiger partial charge in [-0.15, -0.1) is 0 Å². The molecule has 26 heavy (non-hydrogen) atoms. The van der Waals surface area contributed by atoms with Crippen molar-refractivity contribution < 1.29 is 14.3 Å². The topological polar surface area (TPSA) is 87.3 Å². The summed E-state index contributed by atoms with van der Waals surface area (Å²) >= 11 is 0. The lowest BCUT2D eigenvalue weighted by Gasteiger charge is -2.16. The first-order chi connectivity index (χ1) is 12.7. The number of hydrogen-bond acceptors (Lipinski definition) is 4. The van der Waals surface area contributed by atoms with Crippen LogP contribution in [0.15, 0.2) is 48.7 Å². The number of rotatable bonds is 5. The van der Waals surface area contributed by atoms with Gasteiger partial charge in [0.15, 0.2) is 6.61 Å². The predicted molar refractivity (Wildman–Crippen MR) is 98.2 cm³/mol. The van der Waals surface area contributed by atoms with Crippen molar-refractivity contribution in [2.45, 2.75) is 12.8 Å². The smallest absolute Gasteiger partial charge is 0.262 e. The third-order valence-electron chi connectivity index (χ3n) is 4.32. The third kappa shape index (κ3) is 3.23. The molecule has 0 bridgehead atoms. The molecule has 2 aromatic carbocycles. The first kappa shape index (κ1) is 16.1. The van der Waals surface area contributed by atoms with Gasteiger partial charge in [-0.25, -0.2) is 0 Å². The van der Waals surface area contributed by atoms with Crippen molar-refractivity contribution in [3.8, 4) is 5.75 Å². The van der Waals surface area contributed by atoms with E-state index < -0.39 is 0 Å². The Kier molecular flexibility index (Phi) is 4.27. The number of fused-ring (bicyclic) bond motifs is 1. The number of nitrogens with one attached hydrogen (secondary N) is 2. The number of carbonyl (C=O) groups excluding carboxylic acids is 2. The number of aromatic amines is 1. The van der Waals surface area contributed by atoms with Crippen molar-refractivity contribution in [3.05, 3.63) is 48.7 Å². The fourth-order valence-corrected chi connectivity index (χ4v) is 3.07. The summed E-state index contributed by atoms with van der Waals surface area (Å²) in [6.45, 7) is 0.596. The lowest BCUT2D eigenvalue weighted by Crippen LogP contribution is -2.24. The van der Waals surface area contributed by atoms with Crippen molar-refractivity contribution in [1.29, 1.82) is 0 Å². The number of para-hydroxylation sites is 1. The van der Waals surface area contributed by atoms with Crippen LogP contribution in [0, 0.1) is 0 Å². The number of anilines is 2. The molecular weight excluding hydrogens is 332 g/mol. The Balaban J connectivity index is 1.40. The van der Waals surface area contributed by atoms with Gasteiger partial charge in [0.25, 0.3) is 5.91 Å². The maximum absolute atomic E-state index is 12.2. The monoisotopic (exact) mass is 350 g/mol. The molecule has 132 valence electrons. The summed E-state index contributed by atoms with van der Waals surface area (Å²) in [4.78, 5) is 25.8. The van der Waals surface area contributed by atoms with Crippen LogP contribution >= 0.6 is 0 Å². The van der Waals surface area contributed by atoms with E-state index >= 15 is 0 Å². The van der Waals surface area contributed by atoms with Crippen molar-refractivity contribution >= 4 is 34.1 Å². The van der Waals surface area contributed by atoms with Crippen LogP contribution < -0.4 is 15.0 Å². The zero-order valence-corrected chi connectivity index (χ0v) is 14.1. The van der Waals surface area contributed by atoms with Crippen LogP contribution in [-0.2, 0) is 9.59 Å². The summed E-state index contributed by atoms with van der Waals surface area (Å²) in [6.07, 6.45) is 3.14. The van der Waals surface area contributed by atoms with E-state index in [1.54, 1.807) is 29.3 Å². The molecule has 0 saturated carbocycles. The fourth-order valence-electron chi connectivity index (χ4n) is 3.07. The van der Waals surface area contributed by atoms with Gasteiger partial charge in [0.2, 0.25) is 5.91 Å². The summed E-state index contributed by atoms with van der Waals surface area (Å²) in [5, 5.41) is 10.6. The van der Waals surface area contributed by atoms with Crippen LogP contribution in [0.3, 0.4) is 0 Å². The molecule has 1 saturated heterocycles. The van der Waals surface area contributed by atoms with E-state index in [4.69, 9.17) is 4.74 Å². The normalized spacial score (nSPS) is 14.0. The molecule has 0 radical (unpaired) electrons. The summed E-state index contributed by atoms with van der Waals surface area (Å²) in [5.74, 6) is 0.402. The number of hydrogen-bond donors (Lipinski definition) is 2. The Bertz CT molecular complexity index is 966. The fraction of sp³-hybridized carbons (Fsp3) is 0.211. The zero-order valence-electron chi connectivity index (χ0n) is 14.1. The number of aromatic nitrogens is 2. The Labute approximate surface area is 149 Å². The molecule has 1 aliphatic rings. The molecule has 1 aromatic heterocycles. The SMILES string of the molecule is O=C(COc1cccc(N2CCCC2=O)c1)Nc1cccc2cn[nH]c12. The van der Waals surface area contributed by atoms with Crippen LogP contribution in [0.4, 0.5) is 11.4 Å². The molecular formula is C19H18N4O3. The molecule has 0 aliphatic carbocycles. The number of carbonyl (C=O) groups is 2. The van der Waals surface area contributed by atoms with Gasteiger partial charge >= 0.3 is 0 Å². The van der Waals surface area contributed by atoms with E-state index in [9.17, 15) is 9.59 Å². The Hall–Kier alpha value is -3.35. The molecule has 0 spiro atoms. The number of H-pyrrole nitrogens is 1. The minimum absolute atomic E-state index is 0.118. The first-order valence-corrected chi connectivity index (χ1v) is 8.46. The number of nitrogens with zero attached hydrogens (tertiary/aromatic N) is 2. The lowest BCUT2D eigenvalue weighted by molar-refractivity contribution is -0.118. The van der Waals surface area contributed by atoms with Gasteiger partial charge in [0, 0.05) is 30.1 Å². The van der Waals surface area contributed by atoms with E-state index in [-0.39, 0.29) is 18.4 Å². The molecule has 3 aromatic rings. The highest BCUT2D eigenvalue weighted by Gasteiger charge is 2.21. The minimum atomic E-state index is -0.269. The van der Waals surface area contributed by atoms with Crippen LogP contribution in [0.2, 0.25) is 0 Å². The summed E-state index contributed by atoms with van der Waals surface area (Å²) in [5.41, 5.74) is 2.23. The minimum Gasteiger partial charge on any atom is -0.484 e. The molecule has 7 nitrogen and oxygen atoms in total. The maximum Gasteiger partial charge on any atom is 0.262 e. The van der Waals surface area contributed by atoms with Gasteiger partial charge in [-0.3, -0.25) is 14.7 Å². The number of ether oxygens (including phenoxy) is 1. The molecule has 0 unspecified atom stereocenters. The molecule has 7 heteroatoms. The van der Waals surface area contributed by atoms with Crippen LogP contribution in [-0.4, -0.2) is 35.2 Å². The second-order valence-electron chi connectivity index (χ2n) is 6.12. The molecule has 0 atom stereocenters. The van der Waals surface area contributed by atoms with E-state index in [1.807, 2.05) is 24.3 Å². The second-order valence-corrected chi connectivity index (χ2v) is 6.12. The predicted octanol–water partition coefficient (Wildman–Crippen LogP) is 2.71. The van der Waals surface area contributed by atoms with Gasteiger partial charge in [0.05, 0.1) is 17.4 Å². The highest BCUT2D eigenvalue weighted by molar-refractivity contribution is 6.00. The third-order valence-corrected chi connectivity index (χ3v) is 4.32. The number of benzene rings is 2. The zero-order chi connectivity index (χ0) is 17.9. The van der Waals surface area contributed by atoms with Crippen molar-refractivity contribution in [2.75, 3.05) is 23.4 Å². The van der Waals surface area contributed by atoms with E-state index in [0.29, 0.717) is 17.9 Å². The van der Waals surface area contributed by atoms with Gasteiger partial charge in [-0.1, -0.05) is 18.2 Å². The highest BCUT2D eigenvalue weighted by atomic mass is 16.5.